The van der Waals surface area contributed by atoms with Gasteiger partial charge in [-0.05, 0) is 30.7 Å². The predicted molar refractivity (Wildman–Crippen MR) is 74.9 cm³/mol. The van der Waals surface area contributed by atoms with E-state index in [0.717, 1.165) is 6.42 Å². The zero-order valence-electron chi connectivity index (χ0n) is 10.9. The summed E-state index contributed by atoms with van der Waals surface area (Å²) >= 11 is 5.68. The molecule has 20 heavy (non-hydrogen) atoms. The first kappa shape index (κ1) is 14.5. The van der Waals surface area contributed by atoms with E-state index in [0.29, 0.717) is 23.5 Å². The topological polar surface area (TPSA) is 39.2 Å². The SMILES string of the molecule is CCCOc1cncc(C(=O)c2ccc(F)c(Cl)c2)c1. The van der Waals surface area contributed by atoms with E-state index in [9.17, 15) is 9.18 Å². The van der Waals surface area contributed by atoms with Crippen LogP contribution in [0.3, 0.4) is 0 Å². The Morgan fingerprint density at radius 1 is 1.30 bits per heavy atom. The molecule has 1 heterocycles. The van der Waals surface area contributed by atoms with Gasteiger partial charge in [-0.15, -0.1) is 0 Å². The summed E-state index contributed by atoms with van der Waals surface area (Å²) < 4.78 is 18.5. The molecule has 0 amide bonds. The number of carbonyl (C=O) groups excluding carboxylic acids is 1. The van der Waals surface area contributed by atoms with E-state index in [2.05, 4.69) is 4.98 Å². The first-order chi connectivity index (χ1) is 9.61. The van der Waals surface area contributed by atoms with Crippen LogP contribution in [0.4, 0.5) is 4.39 Å². The van der Waals surface area contributed by atoms with Crippen molar-refractivity contribution in [1.29, 1.82) is 0 Å². The van der Waals surface area contributed by atoms with Crippen LogP contribution in [0.2, 0.25) is 5.02 Å². The standard InChI is InChI=1S/C15H13ClFNO2/c1-2-5-20-12-6-11(8-18-9-12)15(19)10-3-4-14(17)13(16)7-10/h3-4,6-9H,2,5H2,1H3. The monoisotopic (exact) mass is 293 g/mol. The molecule has 0 radical (unpaired) electrons. The van der Waals surface area contributed by atoms with Crippen LogP contribution in [-0.2, 0) is 0 Å². The summed E-state index contributed by atoms with van der Waals surface area (Å²) in [5.41, 5.74) is 0.687. The van der Waals surface area contributed by atoms with Crippen LogP contribution >= 0.6 is 11.6 Å². The van der Waals surface area contributed by atoms with Gasteiger partial charge in [-0.25, -0.2) is 4.39 Å². The normalized spacial score (nSPS) is 10.3. The molecule has 0 fully saturated rings. The van der Waals surface area contributed by atoms with Crippen LogP contribution in [-0.4, -0.2) is 17.4 Å². The van der Waals surface area contributed by atoms with E-state index >= 15 is 0 Å². The lowest BCUT2D eigenvalue weighted by atomic mass is 10.1. The summed E-state index contributed by atoms with van der Waals surface area (Å²) in [6.45, 7) is 2.55. The molecular weight excluding hydrogens is 281 g/mol. The van der Waals surface area contributed by atoms with Crippen LogP contribution < -0.4 is 4.74 Å². The molecule has 3 nitrogen and oxygen atoms in total. The second-order valence-corrected chi connectivity index (χ2v) is 4.62. The van der Waals surface area contributed by atoms with E-state index in [-0.39, 0.29) is 10.8 Å². The maximum absolute atomic E-state index is 13.1. The molecular formula is C15H13ClFNO2. The summed E-state index contributed by atoms with van der Waals surface area (Å²) in [6.07, 6.45) is 3.86. The number of carbonyl (C=O) groups is 1. The van der Waals surface area contributed by atoms with Gasteiger partial charge in [0, 0.05) is 17.3 Å². The average Bonchev–Trinajstić information content (AvgIpc) is 2.47. The number of ketones is 1. The lowest BCUT2D eigenvalue weighted by Crippen LogP contribution is -2.04. The molecule has 0 spiro atoms. The molecule has 0 aliphatic heterocycles. The van der Waals surface area contributed by atoms with Crippen molar-refractivity contribution in [2.45, 2.75) is 13.3 Å². The van der Waals surface area contributed by atoms with Gasteiger partial charge in [0.2, 0.25) is 0 Å². The number of hydrogen-bond donors (Lipinski definition) is 0. The number of nitrogens with zero attached hydrogens (tertiary/aromatic N) is 1. The van der Waals surface area contributed by atoms with Gasteiger partial charge in [0.25, 0.3) is 0 Å². The third kappa shape index (κ3) is 3.33. The van der Waals surface area contributed by atoms with Crippen LogP contribution in [0.15, 0.2) is 36.7 Å². The molecule has 104 valence electrons. The lowest BCUT2D eigenvalue weighted by molar-refractivity contribution is 0.103. The smallest absolute Gasteiger partial charge is 0.194 e. The zero-order chi connectivity index (χ0) is 14.5. The largest absolute Gasteiger partial charge is 0.492 e. The Kier molecular flexibility index (Phi) is 4.69. The van der Waals surface area contributed by atoms with Gasteiger partial charge in [0.1, 0.15) is 11.6 Å². The van der Waals surface area contributed by atoms with Crippen LogP contribution in [0, 0.1) is 5.82 Å². The van der Waals surface area contributed by atoms with Crippen LogP contribution in [0.1, 0.15) is 29.3 Å². The molecule has 0 atom stereocenters. The maximum Gasteiger partial charge on any atom is 0.194 e. The molecule has 5 heteroatoms. The van der Waals surface area contributed by atoms with Crippen molar-refractivity contribution < 1.29 is 13.9 Å². The van der Waals surface area contributed by atoms with Crippen molar-refractivity contribution in [1.82, 2.24) is 4.98 Å². The number of hydrogen-bond acceptors (Lipinski definition) is 3. The third-order valence-electron chi connectivity index (χ3n) is 2.63. The van der Waals surface area contributed by atoms with Crippen molar-refractivity contribution in [3.8, 4) is 5.75 Å². The molecule has 1 aromatic heterocycles. The number of halogens is 2. The van der Waals surface area contributed by atoms with Gasteiger partial charge in [0.15, 0.2) is 5.78 Å². The van der Waals surface area contributed by atoms with Crippen LogP contribution in [0.25, 0.3) is 0 Å². The van der Waals surface area contributed by atoms with Gasteiger partial charge < -0.3 is 4.74 Å². The van der Waals surface area contributed by atoms with Gasteiger partial charge in [0.05, 0.1) is 17.8 Å². The van der Waals surface area contributed by atoms with Crippen molar-refractivity contribution in [3.63, 3.8) is 0 Å². The molecule has 1 aromatic carbocycles. The van der Waals surface area contributed by atoms with Crippen molar-refractivity contribution in [3.05, 3.63) is 58.6 Å². The van der Waals surface area contributed by atoms with Crippen molar-refractivity contribution in [2.24, 2.45) is 0 Å². The van der Waals surface area contributed by atoms with Gasteiger partial charge in [-0.1, -0.05) is 18.5 Å². The second kappa shape index (κ2) is 6.48. The summed E-state index contributed by atoms with van der Waals surface area (Å²) in [5, 5.41) is -0.0813. The molecule has 0 aliphatic rings. The molecule has 0 saturated heterocycles. The minimum absolute atomic E-state index is 0.0813. The minimum atomic E-state index is -0.554. The van der Waals surface area contributed by atoms with E-state index in [4.69, 9.17) is 16.3 Å². The Morgan fingerprint density at radius 2 is 2.10 bits per heavy atom. The molecule has 2 aromatic rings. The fraction of sp³-hybridized carbons (Fsp3) is 0.200. The quantitative estimate of drug-likeness (QED) is 0.785. The van der Waals surface area contributed by atoms with E-state index in [1.54, 1.807) is 12.3 Å². The minimum Gasteiger partial charge on any atom is -0.492 e. The Morgan fingerprint density at radius 3 is 2.80 bits per heavy atom. The number of benzene rings is 1. The third-order valence-corrected chi connectivity index (χ3v) is 2.92. The van der Waals surface area contributed by atoms with Crippen molar-refractivity contribution >= 4 is 17.4 Å². The van der Waals surface area contributed by atoms with E-state index in [1.165, 1.54) is 24.4 Å². The lowest BCUT2D eigenvalue weighted by Gasteiger charge is -2.06. The number of rotatable bonds is 5. The molecule has 0 N–H and O–H groups in total. The molecule has 0 aliphatic carbocycles. The van der Waals surface area contributed by atoms with Crippen LogP contribution in [0.5, 0.6) is 5.75 Å². The predicted octanol–water partition coefficient (Wildman–Crippen LogP) is 3.89. The fourth-order valence-electron chi connectivity index (χ4n) is 1.65. The Bertz CT molecular complexity index is 631. The van der Waals surface area contributed by atoms with Gasteiger partial charge >= 0.3 is 0 Å². The summed E-state index contributed by atoms with van der Waals surface area (Å²) in [4.78, 5) is 16.2. The highest BCUT2D eigenvalue weighted by Gasteiger charge is 2.12. The second-order valence-electron chi connectivity index (χ2n) is 4.22. The first-order valence-electron chi connectivity index (χ1n) is 6.19. The highest BCUT2D eigenvalue weighted by molar-refractivity contribution is 6.31. The highest BCUT2D eigenvalue weighted by atomic mass is 35.5. The fourth-order valence-corrected chi connectivity index (χ4v) is 1.83. The number of pyridine rings is 1. The summed E-state index contributed by atoms with van der Waals surface area (Å²) in [6, 6.07) is 5.48. The molecule has 0 saturated carbocycles. The molecule has 0 unspecified atom stereocenters. The first-order valence-corrected chi connectivity index (χ1v) is 6.57. The Labute approximate surface area is 121 Å². The highest BCUT2D eigenvalue weighted by Crippen LogP contribution is 2.20. The molecule has 2 rings (SSSR count). The average molecular weight is 294 g/mol. The number of aromatic nitrogens is 1. The summed E-state index contributed by atoms with van der Waals surface area (Å²) in [7, 11) is 0. The van der Waals surface area contributed by atoms with E-state index < -0.39 is 5.82 Å². The maximum atomic E-state index is 13.1. The summed E-state index contributed by atoms with van der Waals surface area (Å²) in [5.74, 6) is -0.298. The Balaban J connectivity index is 2.26. The number of ether oxygens (including phenoxy) is 1. The van der Waals surface area contributed by atoms with E-state index in [1.807, 2.05) is 6.92 Å². The Hall–Kier alpha value is -1.94. The van der Waals surface area contributed by atoms with Gasteiger partial charge in [-0.3, -0.25) is 9.78 Å². The molecule has 0 bridgehead atoms. The van der Waals surface area contributed by atoms with Crippen molar-refractivity contribution in [2.75, 3.05) is 6.61 Å². The van der Waals surface area contributed by atoms with Gasteiger partial charge in [-0.2, -0.15) is 0 Å². The zero-order valence-corrected chi connectivity index (χ0v) is 11.7.